The SMILES string of the molecule is CN(Cc1ccccc1)C(=O)CCc1nc(CN2CCN(C(=O)c3noc4c3CCCC4)CC2)no1. The molecule has 1 aromatic carbocycles. The summed E-state index contributed by atoms with van der Waals surface area (Å²) >= 11 is 0. The summed E-state index contributed by atoms with van der Waals surface area (Å²) in [6, 6.07) is 9.90. The van der Waals surface area contributed by atoms with E-state index in [-0.39, 0.29) is 11.8 Å². The number of amides is 2. The summed E-state index contributed by atoms with van der Waals surface area (Å²) < 4.78 is 10.8. The number of hydrogen-bond donors (Lipinski definition) is 0. The first-order valence-corrected chi connectivity index (χ1v) is 12.6. The van der Waals surface area contributed by atoms with Crippen molar-refractivity contribution in [2.75, 3.05) is 33.2 Å². The third-order valence-electron chi connectivity index (χ3n) is 6.93. The Labute approximate surface area is 210 Å². The standard InChI is InChI=1S/C26H32N6O4/c1-30(17-19-7-3-2-4-8-19)24(33)12-11-23-27-22(28-36-23)18-31-13-15-32(16-14-31)26(34)25-20-9-5-6-10-21(20)35-29-25/h2-4,7-8H,5-6,9-18H2,1H3. The van der Waals surface area contributed by atoms with Crippen LogP contribution in [0.15, 0.2) is 39.4 Å². The third kappa shape index (κ3) is 5.64. The number of benzene rings is 1. The molecule has 1 aliphatic carbocycles. The van der Waals surface area contributed by atoms with Gasteiger partial charge in [0.25, 0.3) is 5.91 Å². The van der Waals surface area contributed by atoms with Crippen molar-refractivity contribution < 1.29 is 18.6 Å². The van der Waals surface area contributed by atoms with Gasteiger partial charge in [-0.05, 0) is 24.8 Å². The Morgan fingerprint density at radius 1 is 1.00 bits per heavy atom. The summed E-state index contributed by atoms with van der Waals surface area (Å²) in [5, 5.41) is 8.17. The number of aromatic nitrogens is 3. The van der Waals surface area contributed by atoms with Gasteiger partial charge in [-0.2, -0.15) is 4.98 Å². The van der Waals surface area contributed by atoms with Crippen LogP contribution >= 0.6 is 0 Å². The minimum Gasteiger partial charge on any atom is -0.360 e. The second-order valence-electron chi connectivity index (χ2n) is 9.55. The highest BCUT2D eigenvalue weighted by atomic mass is 16.5. The fraction of sp³-hybridized carbons (Fsp3) is 0.500. The quantitative estimate of drug-likeness (QED) is 0.472. The van der Waals surface area contributed by atoms with E-state index in [1.165, 1.54) is 0 Å². The molecular weight excluding hydrogens is 460 g/mol. The molecule has 3 aromatic rings. The van der Waals surface area contributed by atoms with Crippen molar-refractivity contribution >= 4 is 11.8 Å². The van der Waals surface area contributed by atoms with Crippen molar-refractivity contribution in [2.45, 2.75) is 51.6 Å². The van der Waals surface area contributed by atoms with Crippen molar-refractivity contribution in [2.24, 2.45) is 0 Å². The maximum Gasteiger partial charge on any atom is 0.276 e. The molecule has 2 amide bonds. The molecule has 0 N–H and O–H groups in total. The number of nitrogens with zero attached hydrogens (tertiary/aromatic N) is 6. The maximum absolute atomic E-state index is 13.0. The van der Waals surface area contributed by atoms with Crippen molar-refractivity contribution in [3.8, 4) is 0 Å². The van der Waals surface area contributed by atoms with Gasteiger partial charge in [0.1, 0.15) is 5.76 Å². The maximum atomic E-state index is 13.0. The zero-order chi connectivity index (χ0) is 24.9. The zero-order valence-corrected chi connectivity index (χ0v) is 20.7. The van der Waals surface area contributed by atoms with Crippen molar-refractivity contribution in [1.29, 1.82) is 0 Å². The van der Waals surface area contributed by atoms with Gasteiger partial charge in [-0.15, -0.1) is 0 Å². The number of piperazine rings is 1. The van der Waals surface area contributed by atoms with Crippen LogP contribution in [-0.2, 0) is 37.1 Å². The van der Waals surface area contributed by atoms with E-state index < -0.39 is 0 Å². The fourth-order valence-electron chi connectivity index (χ4n) is 4.82. The van der Waals surface area contributed by atoms with Crippen LogP contribution in [0.1, 0.15) is 58.4 Å². The molecule has 0 bridgehead atoms. The van der Waals surface area contributed by atoms with Crippen LogP contribution in [0.4, 0.5) is 0 Å². The molecule has 36 heavy (non-hydrogen) atoms. The molecule has 0 spiro atoms. The lowest BCUT2D eigenvalue weighted by Gasteiger charge is -2.33. The molecular formula is C26H32N6O4. The highest BCUT2D eigenvalue weighted by molar-refractivity contribution is 5.94. The number of hydrogen-bond acceptors (Lipinski definition) is 8. The minimum absolute atomic E-state index is 0.0350. The predicted octanol–water partition coefficient (Wildman–Crippen LogP) is 2.49. The number of aryl methyl sites for hydroxylation is 2. The van der Waals surface area contributed by atoms with Gasteiger partial charge >= 0.3 is 0 Å². The minimum atomic E-state index is -0.0368. The van der Waals surface area contributed by atoms with Crippen molar-refractivity contribution in [1.82, 2.24) is 30.0 Å². The molecule has 0 saturated carbocycles. The largest absolute Gasteiger partial charge is 0.360 e. The van der Waals surface area contributed by atoms with E-state index in [0.717, 1.165) is 55.7 Å². The summed E-state index contributed by atoms with van der Waals surface area (Å²) in [5.74, 6) is 1.94. The average Bonchev–Trinajstić information content (AvgIpc) is 3.55. The Kier molecular flexibility index (Phi) is 7.41. The Hall–Kier alpha value is -3.53. The Morgan fingerprint density at radius 2 is 1.78 bits per heavy atom. The van der Waals surface area contributed by atoms with E-state index in [0.29, 0.717) is 56.4 Å². The second kappa shape index (κ2) is 11.0. The molecule has 3 heterocycles. The molecule has 0 atom stereocenters. The smallest absolute Gasteiger partial charge is 0.276 e. The van der Waals surface area contributed by atoms with E-state index in [4.69, 9.17) is 9.05 Å². The van der Waals surface area contributed by atoms with Crippen molar-refractivity contribution in [3.63, 3.8) is 0 Å². The van der Waals surface area contributed by atoms with E-state index in [1.807, 2.05) is 35.2 Å². The van der Waals surface area contributed by atoms with Gasteiger partial charge in [-0.3, -0.25) is 14.5 Å². The normalized spacial score (nSPS) is 16.1. The van der Waals surface area contributed by atoms with Crippen LogP contribution in [0.3, 0.4) is 0 Å². The monoisotopic (exact) mass is 492 g/mol. The number of carbonyl (C=O) groups excluding carboxylic acids is 2. The third-order valence-corrected chi connectivity index (χ3v) is 6.93. The van der Waals surface area contributed by atoms with Gasteiger partial charge in [0.15, 0.2) is 11.5 Å². The lowest BCUT2D eigenvalue weighted by molar-refractivity contribution is -0.130. The number of carbonyl (C=O) groups is 2. The molecule has 0 radical (unpaired) electrons. The molecule has 0 unspecified atom stereocenters. The first-order chi connectivity index (χ1) is 17.6. The van der Waals surface area contributed by atoms with Crippen LogP contribution in [0, 0.1) is 0 Å². The first kappa shape index (κ1) is 24.2. The summed E-state index contributed by atoms with van der Waals surface area (Å²) in [5.41, 5.74) is 2.58. The van der Waals surface area contributed by atoms with E-state index in [1.54, 1.807) is 11.9 Å². The topological polar surface area (TPSA) is 109 Å². The molecule has 2 aromatic heterocycles. The highest BCUT2D eigenvalue weighted by Crippen LogP contribution is 2.25. The average molecular weight is 493 g/mol. The molecule has 1 fully saturated rings. The van der Waals surface area contributed by atoms with Gasteiger partial charge in [-0.25, -0.2) is 0 Å². The Bertz CT molecular complexity index is 1180. The first-order valence-electron chi connectivity index (χ1n) is 12.6. The van der Waals surface area contributed by atoms with Gasteiger partial charge in [0.2, 0.25) is 11.8 Å². The summed E-state index contributed by atoms with van der Waals surface area (Å²) in [6.07, 6.45) is 4.64. The Morgan fingerprint density at radius 3 is 2.58 bits per heavy atom. The van der Waals surface area contributed by atoms with Gasteiger partial charge < -0.3 is 18.8 Å². The molecule has 10 heteroatoms. The Balaban J connectivity index is 1.06. The summed E-state index contributed by atoms with van der Waals surface area (Å²) in [7, 11) is 1.80. The van der Waals surface area contributed by atoms with Crippen LogP contribution in [0.25, 0.3) is 0 Å². The van der Waals surface area contributed by atoms with Crippen LogP contribution in [0.5, 0.6) is 0 Å². The lowest BCUT2D eigenvalue weighted by atomic mass is 9.96. The highest BCUT2D eigenvalue weighted by Gasteiger charge is 2.29. The second-order valence-corrected chi connectivity index (χ2v) is 9.55. The van der Waals surface area contributed by atoms with E-state index >= 15 is 0 Å². The van der Waals surface area contributed by atoms with Crippen LogP contribution < -0.4 is 0 Å². The zero-order valence-electron chi connectivity index (χ0n) is 20.7. The van der Waals surface area contributed by atoms with Crippen LogP contribution in [-0.4, -0.2) is 75.0 Å². The summed E-state index contributed by atoms with van der Waals surface area (Å²) in [4.78, 5) is 35.7. The molecule has 1 saturated heterocycles. The fourth-order valence-corrected chi connectivity index (χ4v) is 4.82. The molecule has 10 nitrogen and oxygen atoms in total. The summed E-state index contributed by atoms with van der Waals surface area (Å²) in [6.45, 7) is 3.80. The number of fused-ring (bicyclic) bond motifs is 1. The van der Waals surface area contributed by atoms with E-state index in [2.05, 4.69) is 20.2 Å². The molecule has 1 aliphatic heterocycles. The number of rotatable bonds is 8. The molecule has 2 aliphatic rings. The van der Waals surface area contributed by atoms with Gasteiger partial charge in [0, 0.05) is 64.6 Å². The van der Waals surface area contributed by atoms with Gasteiger partial charge in [0.05, 0.1) is 6.54 Å². The predicted molar refractivity (Wildman–Crippen MR) is 130 cm³/mol. The van der Waals surface area contributed by atoms with Gasteiger partial charge in [-0.1, -0.05) is 40.6 Å². The van der Waals surface area contributed by atoms with Crippen LogP contribution in [0.2, 0.25) is 0 Å². The molecule has 190 valence electrons. The van der Waals surface area contributed by atoms with E-state index in [9.17, 15) is 9.59 Å². The lowest BCUT2D eigenvalue weighted by Crippen LogP contribution is -2.48. The molecule has 5 rings (SSSR count). The van der Waals surface area contributed by atoms with Crippen molar-refractivity contribution in [3.05, 3.63) is 64.6 Å².